The van der Waals surface area contributed by atoms with E-state index in [4.69, 9.17) is 18.5 Å². The molecule has 0 radical (unpaired) electrons. The van der Waals surface area contributed by atoms with E-state index in [9.17, 15) is 32.8 Å². The number of aromatic nitrogens is 2. The maximum atomic E-state index is 14.7. The molecule has 2 aromatic rings. The smallest absolute Gasteiger partial charge is 0.459 e. The first-order valence-corrected chi connectivity index (χ1v) is 11.6. The number of cyclic esters (lactones) is 1. The van der Waals surface area contributed by atoms with Crippen LogP contribution in [0, 0.1) is 0 Å². The second-order valence-corrected chi connectivity index (χ2v) is 9.19. The number of H-pyrrole nitrogens is 1. The molecular formula is C19H20F2N3O9P. The quantitative estimate of drug-likeness (QED) is 0.343. The van der Waals surface area contributed by atoms with Crippen LogP contribution in [-0.2, 0) is 23.4 Å². The topological polar surface area (TPSA) is 158 Å². The highest BCUT2D eigenvalue weighted by atomic mass is 31.2. The van der Waals surface area contributed by atoms with Gasteiger partial charge in [-0.2, -0.15) is 13.9 Å². The molecule has 34 heavy (non-hydrogen) atoms. The Morgan fingerprint density at radius 3 is 2.62 bits per heavy atom. The Balaban J connectivity index is 1.53. The van der Waals surface area contributed by atoms with E-state index in [1.165, 1.54) is 12.1 Å². The highest BCUT2D eigenvalue weighted by molar-refractivity contribution is 7.52. The molecular weight excluding hydrogens is 483 g/mol. The predicted molar refractivity (Wildman–Crippen MR) is 109 cm³/mol. The lowest BCUT2D eigenvalue weighted by Crippen LogP contribution is -2.42. The normalized spacial score (nSPS) is 27.8. The minimum Gasteiger partial charge on any atom is -0.464 e. The second kappa shape index (κ2) is 9.39. The van der Waals surface area contributed by atoms with Crippen LogP contribution in [0.15, 0.2) is 52.2 Å². The molecule has 3 N–H and O–H groups in total. The number of rotatable bonds is 8. The van der Waals surface area contributed by atoms with E-state index in [2.05, 4.69) is 5.09 Å². The fraction of sp³-hybridized carbons (Fsp3) is 0.421. The maximum absolute atomic E-state index is 14.7. The fourth-order valence-electron chi connectivity index (χ4n) is 3.40. The third-order valence-corrected chi connectivity index (χ3v) is 6.68. The summed E-state index contributed by atoms with van der Waals surface area (Å²) in [4.78, 5) is 36.8. The van der Waals surface area contributed by atoms with E-state index in [-0.39, 0.29) is 18.8 Å². The van der Waals surface area contributed by atoms with Gasteiger partial charge in [-0.3, -0.25) is 23.7 Å². The average molecular weight is 503 g/mol. The molecule has 5 atom stereocenters. The molecule has 2 aliphatic rings. The Hall–Kier alpha value is -2.90. The summed E-state index contributed by atoms with van der Waals surface area (Å²) in [7, 11) is -4.36. The number of esters is 1. The third-order valence-electron chi connectivity index (χ3n) is 5.11. The van der Waals surface area contributed by atoms with Gasteiger partial charge in [0.1, 0.15) is 17.9 Å². The van der Waals surface area contributed by atoms with Crippen LogP contribution in [-0.4, -0.2) is 58.0 Å². The van der Waals surface area contributed by atoms with Crippen LogP contribution in [0.3, 0.4) is 0 Å². The van der Waals surface area contributed by atoms with Crippen molar-refractivity contribution >= 4 is 13.7 Å². The zero-order chi connectivity index (χ0) is 24.5. The highest BCUT2D eigenvalue weighted by Gasteiger charge is 2.60. The molecule has 184 valence electrons. The van der Waals surface area contributed by atoms with Crippen molar-refractivity contribution in [3.8, 4) is 5.75 Å². The summed E-state index contributed by atoms with van der Waals surface area (Å²) < 4.78 is 63.8. The number of halogens is 2. The number of ether oxygens (including phenoxy) is 2. The van der Waals surface area contributed by atoms with Crippen LogP contribution in [0.4, 0.5) is 8.78 Å². The van der Waals surface area contributed by atoms with Gasteiger partial charge in [0.25, 0.3) is 5.56 Å². The van der Waals surface area contributed by atoms with Gasteiger partial charge in [-0.1, -0.05) is 18.2 Å². The molecule has 12 nitrogen and oxygen atoms in total. The average Bonchev–Trinajstić information content (AvgIpc) is 3.28. The SMILES string of the molecule is O=C1OCC[C@@H]1NP(=O)(OCC1O[C@@H](n2ccc(=O)[nH]c2=O)C(F)(F)[C@@H]1O)Oc1ccccc1. The minimum atomic E-state index is -4.36. The Kier molecular flexibility index (Phi) is 6.69. The predicted octanol–water partition coefficient (Wildman–Crippen LogP) is 0.539. The largest absolute Gasteiger partial charge is 0.464 e. The zero-order valence-corrected chi connectivity index (χ0v) is 18.2. The number of para-hydroxylation sites is 1. The summed E-state index contributed by atoms with van der Waals surface area (Å²) in [6, 6.07) is 7.56. The first-order valence-electron chi connectivity index (χ1n) is 10.1. The molecule has 0 spiro atoms. The number of hydrogen-bond acceptors (Lipinski definition) is 9. The lowest BCUT2D eigenvalue weighted by molar-refractivity contribution is -0.141. The number of benzene rings is 1. The van der Waals surface area contributed by atoms with Crippen LogP contribution in [0.2, 0.25) is 0 Å². The number of aromatic amines is 1. The van der Waals surface area contributed by atoms with E-state index >= 15 is 0 Å². The van der Waals surface area contributed by atoms with Crippen molar-refractivity contribution in [3.63, 3.8) is 0 Å². The van der Waals surface area contributed by atoms with Gasteiger partial charge in [0.15, 0.2) is 6.10 Å². The van der Waals surface area contributed by atoms with Gasteiger partial charge >= 0.3 is 25.3 Å². The summed E-state index contributed by atoms with van der Waals surface area (Å²) in [6.45, 7) is -0.779. The van der Waals surface area contributed by atoms with E-state index in [0.717, 1.165) is 12.3 Å². The molecule has 4 rings (SSSR count). The highest BCUT2D eigenvalue weighted by Crippen LogP contribution is 2.48. The van der Waals surface area contributed by atoms with Gasteiger partial charge in [-0.15, -0.1) is 0 Å². The third kappa shape index (κ3) is 4.95. The maximum Gasteiger partial charge on any atom is 0.459 e. The van der Waals surface area contributed by atoms with Crippen LogP contribution < -0.4 is 20.9 Å². The van der Waals surface area contributed by atoms with Crippen LogP contribution in [0.1, 0.15) is 12.6 Å². The lowest BCUT2D eigenvalue weighted by atomic mass is 10.1. The van der Waals surface area contributed by atoms with Gasteiger partial charge in [0, 0.05) is 18.7 Å². The summed E-state index contributed by atoms with van der Waals surface area (Å²) in [5.41, 5.74) is -1.98. The molecule has 1 aromatic carbocycles. The van der Waals surface area contributed by atoms with Crippen molar-refractivity contribution < 1.29 is 41.8 Å². The Labute approximate surface area is 190 Å². The first-order chi connectivity index (χ1) is 16.1. The molecule has 2 fully saturated rings. The second-order valence-electron chi connectivity index (χ2n) is 7.50. The Morgan fingerprint density at radius 2 is 1.97 bits per heavy atom. The summed E-state index contributed by atoms with van der Waals surface area (Å²) in [5, 5.41) is 12.6. The number of nitrogens with zero attached hydrogens (tertiary/aromatic N) is 1. The van der Waals surface area contributed by atoms with Crippen molar-refractivity contribution in [2.75, 3.05) is 13.2 Å². The molecule has 2 unspecified atom stereocenters. The molecule has 0 saturated carbocycles. The summed E-state index contributed by atoms with van der Waals surface area (Å²) >= 11 is 0. The molecule has 1 aromatic heterocycles. The Morgan fingerprint density at radius 1 is 1.24 bits per heavy atom. The van der Waals surface area contributed by atoms with Crippen LogP contribution in [0.25, 0.3) is 0 Å². The molecule has 15 heteroatoms. The standard InChI is InChI=1S/C19H20F2N3O9P/c20-19(21)15(26)13(32-17(19)24-8-6-14(25)22-18(24)28)10-31-34(29,23-12-7-9-30-16(12)27)33-11-4-2-1-3-5-11/h1-6,8,12-13,15,17,26H,7,9-10H2,(H,23,29)(H,22,25,28)/t12-,13?,15+,17+,34?/m0/s1. The van der Waals surface area contributed by atoms with Crippen molar-refractivity contribution in [2.24, 2.45) is 0 Å². The Bertz CT molecular complexity index is 1210. The van der Waals surface area contributed by atoms with Gasteiger partial charge in [-0.25, -0.2) is 9.36 Å². The number of hydrogen-bond donors (Lipinski definition) is 3. The van der Waals surface area contributed by atoms with Gasteiger partial charge in [0.2, 0.25) is 6.23 Å². The van der Waals surface area contributed by atoms with Crippen molar-refractivity contribution in [1.29, 1.82) is 0 Å². The number of aliphatic hydroxyl groups is 1. The van der Waals surface area contributed by atoms with E-state index in [1.807, 2.05) is 4.98 Å². The summed E-state index contributed by atoms with van der Waals surface area (Å²) in [6.07, 6.45) is -5.51. The van der Waals surface area contributed by atoms with Gasteiger partial charge in [-0.05, 0) is 12.1 Å². The lowest BCUT2D eigenvalue weighted by Gasteiger charge is -2.23. The minimum absolute atomic E-state index is 0.0775. The molecule has 0 bridgehead atoms. The van der Waals surface area contributed by atoms with Gasteiger partial charge in [0.05, 0.1) is 13.2 Å². The van der Waals surface area contributed by atoms with E-state index in [1.54, 1.807) is 18.2 Å². The van der Waals surface area contributed by atoms with Crippen molar-refractivity contribution in [3.05, 3.63) is 63.4 Å². The number of aliphatic hydroxyl groups excluding tert-OH is 1. The molecule has 2 saturated heterocycles. The number of carbonyl (C=O) groups excluding carboxylic acids is 1. The number of nitrogens with one attached hydrogen (secondary N) is 2. The zero-order valence-electron chi connectivity index (χ0n) is 17.3. The van der Waals surface area contributed by atoms with E-state index in [0.29, 0.717) is 4.57 Å². The fourth-order valence-corrected chi connectivity index (χ4v) is 4.94. The monoisotopic (exact) mass is 503 g/mol. The molecule has 0 amide bonds. The number of alkyl halides is 2. The molecule has 3 heterocycles. The van der Waals surface area contributed by atoms with Crippen molar-refractivity contribution in [2.45, 2.75) is 36.8 Å². The van der Waals surface area contributed by atoms with Gasteiger partial charge < -0.3 is 19.1 Å². The number of carbonyl (C=O) groups is 1. The van der Waals surface area contributed by atoms with Crippen molar-refractivity contribution in [1.82, 2.24) is 14.6 Å². The molecule has 2 aliphatic heterocycles. The molecule has 0 aliphatic carbocycles. The van der Waals surface area contributed by atoms with Crippen LogP contribution in [0.5, 0.6) is 5.75 Å². The van der Waals surface area contributed by atoms with Crippen LogP contribution >= 0.6 is 7.75 Å². The summed E-state index contributed by atoms with van der Waals surface area (Å²) in [5.74, 6) is -4.56. The van der Waals surface area contributed by atoms with E-state index < -0.39 is 62.0 Å². The first kappa shape index (κ1) is 24.2.